The van der Waals surface area contributed by atoms with E-state index >= 15 is 0 Å². The summed E-state index contributed by atoms with van der Waals surface area (Å²) in [6, 6.07) is 0.400. The molecule has 1 aromatic heterocycles. The molecule has 27 heavy (non-hydrogen) atoms. The number of piperazine rings is 1. The molecule has 0 saturated carbocycles. The van der Waals surface area contributed by atoms with E-state index in [0.717, 1.165) is 74.5 Å². The molecule has 148 valence electrons. The molecule has 1 aromatic rings. The van der Waals surface area contributed by atoms with Crippen LogP contribution in [0, 0.1) is 6.92 Å². The van der Waals surface area contributed by atoms with Crippen LogP contribution in [0.3, 0.4) is 0 Å². The molecular weight excluding hydrogens is 360 g/mol. The van der Waals surface area contributed by atoms with Gasteiger partial charge in [-0.1, -0.05) is 24.5 Å². The van der Waals surface area contributed by atoms with Crippen LogP contribution in [0.1, 0.15) is 24.3 Å². The third-order valence-electron chi connectivity index (χ3n) is 5.28. The summed E-state index contributed by atoms with van der Waals surface area (Å²) in [6.45, 7) is 15.9. The summed E-state index contributed by atoms with van der Waals surface area (Å²) in [5.41, 5.74) is 0.864. The summed E-state index contributed by atoms with van der Waals surface area (Å²) in [6.07, 6.45) is 4.29. The number of hydrogen-bond acceptors (Lipinski definition) is 7. The van der Waals surface area contributed by atoms with Gasteiger partial charge in [0, 0.05) is 64.0 Å². The Kier molecular flexibility index (Phi) is 6.84. The molecule has 2 saturated heterocycles. The van der Waals surface area contributed by atoms with Crippen LogP contribution < -0.4 is 10.2 Å². The number of nitrogens with one attached hydrogen (secondary N) is 1. The van der Waals surface area contributed by atoms with Crippen LogP contribution in [-0.4, -0.2) is 77.8 Å². The van der Waals surface area contributed by atoms with Gasteiger partial charge in [-0.25, -0.2) is 0 Å². The second-order valence-corrected chi connectivity index (χ2v) is 8.37. The summed E-state index contributed by atoms with van der Waals surface area (Å²) in [5.74, 6) is 0.276. The Balaban J connectivity index is 1.34. The molecule has 0 unspecified atom stereocenters. The number of aromatic nitrogens is 2. The molecule has 8 heteroatoms. The van der Waals surface area contributed by atoms with Crippen LogP contribution in [0.4, 0.5) is 5.13 Å². The Bertz CT molecular complexity index is 659. The minimum Gasteiger partial charge on any atom is -0.383 e. The van der Waals surface area contributed by atoms with Gasteiger partial charge in [-0.15, -0.1) is 10.2 Å². The van der Waals surface area contributed by atoms with E-state index in [1.807, 2.05) is 11.8 Å². The van der Waals surface area contributed by atoms with Crippen LogP contribution in [0.15, 0.2) is 24.9 Å². The van der Waals surface area contributed by atoms with Gasteiger partial charge in [0.25, 0.3) is 0 Å². The smallest absolute Gasteiger partial charge is 0.223 e. The van der Waals surface area contributed by atoms with Crippen LogP contribution in [0.2, 0.25) is 0 Å². The lowest BCUT2D eigenvalue weighted by Crippen LogP contribution is -2.48. The van der Waals surface area contributed by atoms with Crippen molar-refractivity contribution < 1.29 is 4.79 Å². The van der Waals surface area contributed by atoms with Crippen molar-refractivity contribution in [2.75, 3.05) is 50.7 Å². The lowest BCUT2D eigenvalue weighted by Gasteiger charge is -2.35. The summed E-state index contributed by atoms with van der Waals surface area (Å²) in [7, 11) is 0. The molecule has 1 N–H and O–H groups in total. The molecule has 3 heterocycles. The van der Waals surface area contributed by atoms with Crippen LogP contribution in [0.5, 0.6) is 0 Å². The molecule has 2 fully saturated rings. The standard InChI is InChI=1S/C19H30N6OS/c1-4-15(2)20-17-5-9-24(10-6-17)18(26)7-8-23-11-13-25(14-12-23)19-22-21-16(3)27-19/h4,17,20H,1-2,5-14H2,3H3. The number of amides is 1. The highest BCUT2D eigenvalue weighted by molar-refractivity contribution is 7.15. The van der Waals surface area contributed by atoms with Gasteiger partial charge in [0.15, 0.2) is 0 Å². The highest BCUT2D eigenvalue weighted by Gasteiger charge is 2.24. The lowest BCUT2D eigenvalue weighted by atomic mass is 10.0. The first-order chi connectivity index (χ1) is 13.0. The van der Waals surface area contributed by atoms with Gasteiger partial charge in [0.05, 0.1) is 0 Å². The molecule has 1 amide bonds. The fraction of sp³-hybridized carbons (Fsp3) is 0.632. The molecular formula is C19H30N6OS. The Labute approximate surface area is 165 Å². The maximum absolute atomic E-state index is 12.5. The first-order valence-corrected chi connectivity index (χ1v) is 10.5. The zero-order valence-corrected chi connectivity index (χ0v) is 17.0. The molecule has 7 nitrogen and oxygen atoms in total. The number of carbonyl (C=O) groups excluding carboxylic acids is 1. The van der Waals surface area contributed by atoms with Gasteiger partial charge in [-0.05, 0) is 25.8 Å². The monoisotopic (exact) mass is 390 g/mol. The number of allylic oxidation sites excluding steroid dienone is 1. The van der Waals surface area contributed by atoms with Gasteiger partial charge in [0.2, 0.25) is 11.0 Å². The zero-order valence-electron chi connectivity index (χ0n) is 16.2. The van der Waals surface area contributed by atoms with Gasteiger partial charge < -0.3 is 15.1 Å². The van der Waals surface area contributed by atoms with E-state index in [0.29, 0.717) is 12.5 Å². The summed E-state index contributed by atoms with van der Waals surface area (Å²) in [5, 5.41) is 13.7. The fourth-order valence-electron chi connectivity index (χ4n) is 3.58. The third kappa shape index (κ3) is 5.52. The Hall–Kier alpha value is -1.93. The number of hydrogen-bond donors (Lipinski definition) is 1. The van der Waals surface area contributed by atoms with E-state index in [4.69, 9.17) is 0 Å². The molecule has 0 spiro atoms. The number of nitrogens with zero attached hydrogens (tertiary/aromatic N) is 5. The minimum atomic E-state index is 0.276. The highest BCUT2D eigenvalue weighted by atomic mass is 32.1. The number of aryl methyl sites for hydroxylation is 1. The number of piperidine rings is 1. The second-order valence-electron chi connectivity index (χ2n) is 7.21. The predicted octanol–water partition coefficient (Wildman–Crippen LogP) is 1.64. The quantitative estimate of drug-likeness (QED) is 0.714. The first kappa shape index (κ1) is 19.8. The van der Waals surface area contributed by atoms with Crippen molar-refractivity contribution in [2.24, 2.45) is 0 Å². The number of anilines is 1. The van der Waals surface area contributed by atoms with Crippen molar-refractivity contribution in [2.45, 2.75) is 32.2 Å². The summed E-state index contributed by atoms with van der Waals surface area (Å²) in [4.78, 5) is 19.2. The normalized spacial score (nSPS) is 19.1. The van der Waals surface area contributed by atoms with Crippen molar-refractivity contribution in [1.29, 1.82) is 0 Å². The van der Waals surface area contributed by atoms with E-state index in [2.05, 4.69) is 38.5 Å². The van der Waals surface area contributed by atoms with Crippen molar-refractivity contribution in [1.82, 2.24) is 25.3 Å². The van der Waals surface area contributed by atoms with E-state index in [1.165, 1.54) is 0 Å². The van der Waals surface area contributed by atoms with Crippen molar-refractivity contribution in [3.8, 4) is 0 Å². The average molecular weight is 391 g/mol. The molecule has 0 aromatic carbocycles. The largest absolute Gasteiger partial charge is 0.383 e. The zero-order chi connectivity index (χ0) is 19.2. The number of rotatable bonds is 7. The van der Waals surface area contributed by atoms with E-state index < -0.39 is 0 Å². The average Bonchev–Trinajstić information content (AvgIpc) is 3.13. The maximum atomic E-state index is 12.5. The SMILES string of the molecule is C=CC(=C)NC1CCN(C(=O)CCN2CCN(c3nnc(C)s3)CC2)CC1. The van der Waals surface area contributed by atoms with Crippen LogP contribution in [0.25, 0.3) is 0 Å². The molecule has 2 aliphatic rings. The molecule has 0 bridgehead atoms. The van der Waals surface area contributed by atoms with Gasteiger partial charge >= 0.3 is 0 Å². The molecule has 2 aliphatic heterocycles. The molecule has 0 radical (unpaired) electrons. The van der Waals surface area contributed by atoms with Gasteiger partial charge in [-0.2, -0.15) is 0 Å². The number of likely N-dealkylation sites (tertiary alicyclic amines) is 1. The second kappa shape index (κ2) is 9.32. The highest BCUT2D eigenvalue weighted by Crippen LogP contribution is 2.21. The van der Waals surface area contributed by atoms with Crippen molar-refractivity contribution in [3.05, 3.63) is 29.9 Å². The van der Waals surface area contributed by atoms with E-state index in [9.17, 15) is 4.79 Å². The maximum Gasteiger partial charge on any atom is 0.223 e. The van der Waals surface area contributed by atoms with Gasteiger partial charge in [-0.3, -0.25) is 9.69 Å². The third-order valence-corrected chi connectivity index (χ3v) is 6.18. The number of carbonyl (C=O) groups is 1. The Morgan fingerprint density at radius 3 is 2.52 bits per heavy atom. The first-order valence-electron chi connectivity index (χ1n) is 9.68. The molecule has 3 rings (SSSR count). The van der Waals surface area contributed by atoms with Gasteiger partial charge in [0.1, 0.15) is 5.01 Å². The molecule has 0 aliphatic carbocycles. The van der Waals surface area contributed by atoms with E-state index in [-0.39, 0.29) is 5.91 Å². The lowest BCUT2D eigenvalue weighted by molar-refractivity contribution is -0.132. The Morgan fingerprint density at radius 2 is 1.93 bits per heavy atom. The summed E-state index contributed by atoms with van der Waals surface area (Å²) >= 11 is 1.65. The van der Waals surface area contributed by atoms with Crippen LogP contribution in [-0.2, 0) is 4.79 Å². The molecule has 0 atom stereocenters. The van der Waals surface area contributed by atoms with Crippen molar-refractivity contribution in [3.63, 3.8) is 0 Å². The minimum absolute atomic E-state index is 0.276. The van der Waals surface area contributed by atoms with Crippen molar-refractivity contribution >= 4 is 22.4 Å². The predicted molar refractivity (Wildman–Crippen MR) is 110 cm³/mol. The Morgan fingerprint density at radius 1 is 1.22 bits per heavy atom. The topological polar surface area (TPSA) is 64.6 Å². The summed E-state index contributed by atoms with van der Waals surface area (Å²) < 4.78 is 0. The van der Waals surface area contributed by atoms with E-state index in [1.54, 1.807) is 17.4 Å². The fourth-order valence-corrected chi connectivity index (χ4v) is 4.32. The van der Waals surface area contributed by atoms with Crippen LogP contribution >= 0.6 is 11.3 Å².